The second kappa shape index (κ2) is 4.41. The second-order valence-electron chi connectivity index (χ2n) is 5.64. The van der Waals surface area contributed by atoms with Crippen LogP contribution in [0.4, 0.5) is 0 Å². The monoisotopic (exact) mass is 236 g/mol. The Balaban J connectivity index is 1.67. The first-order valence-corrected chi connectivity index (χ1v) is 6.83. The van der Waals surface area contributed by atoms with E-state index in [-0.39, 0.29) is 23.7 Å². The zero-order valence-corrected chi connectivity index (χ0v) is 10.2. The Hall–Kier alpha value is -0.900. The van der Waals surface area contributed by atoms with Gasteiger partial charge in [-0.05, 0) is 44.7 Å². The van der Waals surface area contributed by atoms with E-state index in [9.17, 15) is 9.59 Å². The molecule has 3 fully saturated rings. The van der Waals surface area contributed by atoms with Gasteiger partial charge in [-0.15, -0.1) is 0 Å². The number of nitrogens with zero attached hydrogens (tertiary/aromatic N) is 1. The molecule has 1 saturated carbocycles. The highest BCUT2D eigenvalue weighted by molar-refractivity contribution is 6.05. The Bertz CT molecular complexity index is 314. The fourth-order valence-corrected chi connectivity index (χ4v) is 3.58. The third-order valence-electron chi connectivity index (χ3n) is 4.52. The molecule has 17 heavy (non-hydrogen) atoms. The number of amides is 2. The first kappa shape index (κ1) is 11.2. The quantitative estimate of drug-likeness (QED) is 0.721. The molecular formula is C13H20N2O2. The van der Waals surface area contributed by atoms with Crippen LogP contribution in [0.15, 0.2) is 0 Å². The number of hydrogen-bond acceptors (Lipinski definition) is 3. The van der Waals surface area contributed by atoms with Crippen LogP contribution >= 0.6 is 0 Å². The standard InChI is InChI=1S/C13H20N2O2/c16-12-10-4-1-5-11(10)13(17)15(12)8-9-3-2-6-14-7-9/h9-11,14H,1-8H2. The summed E-state index contributed by atoms with van der Waals surface area (Å²) >= 11 is 0. The van der Waals surface area contributed by atoms with E-state index in [4.69, 9.17) is 0 Å². The van der Waals surface area contributed by atoms with Crippen molar-refractivity contribution >= 4 is 11.8 Å². The normalized spacial score (nSPS) is 37.6. The zero-order valence-electron chi connectivity index (χ0n) is 10.2. The van der Waals surface area contributed by atoms with Crippen LogP contribution in [0.5, 0.6) is 0 Å². The largest absolute Gasteiger partial charge is 0.316 e. The fourth-order valence-electron chi connectivity index (χ4n) is 3.58. The number of piperidine rings is 1. The van der Waals surface area contributed by atoms with Gasteiger partial charge in [-0.3, -0.25) is 14.5 Å². The van der Waals surface area contributed by atoms with Crippen molar-refractivity contribution < 1.29 is 9.59 Å². The minimum absolute atomic E-state index is 0.0269. The van der Waals surface area contributed by atoms with Crippen LogP contribution in [0.25, 0.3) is 0 Å². The van der Waals surface area contributed by atoms with Crippen LogP contribution in [0, 0.1) is 17.8 Å². The maximum atomic E-state index is 12.2. The summed E-state index contributed by atoms with van der Waals surface area (Å²) in [6.45, 7) is 2.67. The summed E-state index contributed by atoms with van der Waals surface area (Å²) in [4.78, 5) is 25.9. The molecule has 2 aliphatic heterocycles. The van der Waals surface area contributed by atoms with Gasteiger partial charge in [0.2, 0.25) is 11.8 Å². The molecule has 3 aliphatic rings. The van der Waals surface area contributed by atoms with E-state index in [1.807, 2.05) is 0 Å². The molecule has 0 aromatic rings. The van der Waals surface area contributed by atoms with Crippen LogP contribution in [0.1, 0.15) is 32.1 Å². The van der Waals surface area contributed by atoms with Crippen LogP contribution in [-0.4, -0.2) is 36.3 Å². The molecule has 3 unspecified atom stereocenters. The van der Waals surface area contributed by atoms with E-state index in [0.717, 1.165) is 45.2 Å². The van der Waals surface area contributed by atoms with Gasteiger partial charge in [-0.1, -0.05) is 6.42 Å². The predicted octanol–water partition coefficient (Wildman–Crippen LogP) is 0.771. The number of nitrogens with one attached hydrogen (secondary N) is 1. The molecule has 2 saturated heterocycles. The maximum Gasteiger partial charge on any atom is 0.233 e. The van der Waals surface area contributed by atoms with E-state index in [1.165, 1.54) is 0 Å². The van der Waals surface area contributed by atoms with Crippen LogP contribution in [-0.2, 0) is 9.59 Å². The van der Waals surface area contributed by atoms with E-state index in [1.54, 1.807) is 4.90 Å². The van der Waals surface area contributed by atoms with Gasteiger partial charge < -0.3 is 5.32 Å². The van der Waals surface area contributed by atoms with Gasteiger partial charge >= 0.3 is 0 Å². The maximum absolute atomic E-state index is 12.2. The molecule has 94 valence electrons. The van der Waals surface area contributed by atoms with Crippen LogP contribution in [0.2, 0.25) is 0 Å². The van der Waals surface area contributed by atoms with Crippen molar-refractivity contribution in [2.45, 2.75) is 32.1 Å². The lowest BCUT2D eigenvalue weighted by molar-refractivity contribution is -0.141. The summed E-state index contributed by atoms with van der Waals surface area (Å²) in [5.74, 6) is 0.750. The Morgan fingerprint density at radius 2 is 1.76 bits per heavy atom. The van der Waals surface area contributed by atoms with Gasteiger partial charge in [0.05, 0.1) is 11.8 Å². The Labute approximate surface area is 102 Å². The summed E-state index contributed by atoms with van der Waals surface area (Å²) in [6, 6.07) is 0. The minimum atomic E-state index is 0.0269. The second-order valence-corrected chi connectivity index (χ2v) is 5.64. The van der Waals surface area contributed by atoms with Crippen molar-refractivity contribution in [2.75, 3.05) is 19.6 Å². The first-order chi connectivity index (χ1) is 8.27. The zero-order chi connectivity index (χ0) is 11.8. The van der Waals surface area contributed by atoms with Crippen molar-refractivity contribution in [2.24, 2.45) is 17.8 Å². The molecule has 0 aromatic heterocycles. The average Bonchev–Trinajstić information content (AvgIpc) is 2.91. The molecule has 0 spiro atoms. The minimum Gasteiger partial charge on any atom is -0.316 e. The number of fused-ring (bicyclic) bond motifs is 1. The molecule has 0 aromatic carbocycles. The van der Waals surface area contributed by atoms with Crippen LogP contribution < -0.4 is 5.32 Å². The summed E-state index contributed by atoms with van der Waals surface area (Å²) < 4.78 is 0. The van der Waals surface area contributed by atoms with Gasteiger partial charge in [0.1, 0.15) is 0 Å². The third kappa shape index (κ3) is 1.88. The molecular weight excluding hydrogens is 216 g/mol. The van der Waals surface area contributed by atoms with Gasteiger partial charge in [-0.2, -0.15) is 0 Å². The number of hydrogen-bond donors (Lipinski definition) is 1. The van der Waals surface area contributed by atoms with Crippen molar-refractivity contribution in [3.63, 3.8) is 0 Å². The highest BCUT2D eigenvalue weighted by atomic mass is 16.2. The first-order valence-electron chi connectivity index (χ1n) is 6.83. The van der Waals surface area contributed by atoms with Crippen LogP contribution in [0.3, 0.4) is 0 Å². The molecule has 2 heterocycles. The highest BCUT2D eigenvalue weighted by Gasteiger charge is 2.49. The Morgan fingerprint density at radius 3 is 2.35 bits per heavy atom. The molecule has 3 atom stereocenters. The number of carbonyl (C=O) groups is 2. The molecule has 0 radical (unpaired) electrons. The molecule has 4 nitrogen and oxygen atoms in total. The molecule has 3 rings (SSSR count). The topological polar surface area (TPSA) is 49.4 Å². The molecule has 0 bridgehead atoms. The smallest absolute Gasteiger partial charge is 0.233 e. The van der Waals surface area contributed by atoms with E-state index in [2.05, 4.69) is 5.32 Å². The van der Waals surface area contributed by atoms with Gasteiger partial charge in [0.25, 0.3) is 0 Å². The number of likely N-dealkylation sites (tertiary alicyclic amines) is 1. The summed E-state index contributed by atoms with van der Waals surface area (Å²) in [5, 5.41) is 3.34. The summed E-state index contributed by atoms with van der Waals surface area (Å²) in [6.07, 6.45) is 5.20. The van der Waals surface area contributed by atoms with Crippen molar-refractivity contribution in [1.29, 1.82) is 0 Å². The third-order valence-corrected chi connectivity index (χ3v) is 4.52. The number of carbonyl (C=O) groups excluding carboxylic acids is 2. The molecule has 1 aliphatic carbocycles. The summed E-state index contributed by atoms with van der Waals surface area (Å²) in [5.41, 5.74) is 0. The lowest BCUT2D eigenvalue weighted by Gasteiger charge is -2.27. The number of imide groups is 1. The van der Waals surface area contributed by atoms with E-state index >= 15 is 0 Å². The van der Waals surface area contributed by atoms with E-state index in [0.29, 0.717) is 12.5 Å². The van der Waals surface area contributed by atoms with Crippen molar-refractivity contribution in [1.82, 2.24) is 10.2 Å². The Morgan fingerprint density at radius 1 is 1.06 bits per heavy atom. The number of rotatable bonds is 2. The van der Waals surface area contributed by atoms with Crippen molar-refractivity contribution in [3.8, 4) is 0 Å². The molecule has 2 amide bonds. The molecule has 4 heteroatoms. The lowest BCUT2D eigenvalue weighted by atomic mass is 9.99. The SMILES string of the molecule is O=C1C2CCCC2C(=O)N1CC1CCCNC1. The van der Waals surface area contributed by atoms with Crippen molar-refractivity contribution in [3.05, 3.63) is 0 Å². The van der Waals surface area contributed by atoms with Gasteiger partial charge in [0, 0.05) is 6.54 Å². The molecule has 1 N–H and O–H groups in total. The van der Waals surface area contributed by atoms with Gasteiger partial charge in [0.15, 0.2) is 0 Å². The Kier molecular flexibility index (Phi) is 2.90. The predicted molar refractivity (Wildman–Crippen MR) is 63.1 cm³/mol. The van der Waals surface area contributed by atoms with E-state index < -0.39 is 0 Å². The lowest BCUT2D eigenvalue weighted by Crippen LogP contribution is -2.41. The van der Waals surface area contributed by atoms with Gasteiger partial charge in [-0.25, -0.2) is 0 Å². The highest BCUT2D eigenvalue weighted by Crippen LogP contribution is 2.40. The average molecular weight is 236 g/mol. The fraction of sp³-hybridized carbons (Fsp3) is 0.846. The summed E-state index contributed by atoms with van der Waals surface area (Å²) in [7, 11) is 0.